The summed E-state index contributed by atoms with van der Waals surface area (Å²) >= 11 is 0. The van der Waals surface area contributed by atoms with Gasteiger partial charge in [-0.15, -0.1) is 0 Å². The predicted molar refractivity (Wildman–Crippen MR) is 122 cm³/mol. The summed E-state index contributed by atoms with van der Waals surface area (Å²) in [6, 6.07) is 26.6. The number of amides is 1. The molecule has 6 heteroatoms. The van der Waals surface area contributed by atoms with Gasteiger partial charge in [-0.1, -0.05) is 42.5 Å². The highest BCUT2D eigenvalue weighted by Crippen LogP contribution is 2.26. The molecule has 4 aromatic carbocycles. The number of aromatic hydroxyl groups is 1. The monoisotopic (exact) mass is 427 g/mol. The number of phenols is 1. The summed E-state index contributed by atoms with van der Waals surface area (Å²) < 4.78 is 11.0. The Morgan fingerprint density at radius 2 is 1.41 bits per heavy atom. The van der Waals surface area contributed by atoms with Crippen molar-refractivity contribution in [3.8, 4) is 17.2 Å². The number of rotatable bonds is 6. The van der Waals surface area contributed by atoms with Gasteiger partial charge in [-0.25, -0.2) is 4.79 Å². The van der Waals surface area contributed by atoms with Crippen molar-refractivity contribution in [1.82, 2.24) is 0 Å². The van der Waals surface area contributed by atoms with Gasteiger partial charge in [-0.3, -0.25) is 4.79 Å². The third-order valence-corrected chi connectivity index (χ3v) is 4.84. The molecule has 0 aliphatic carbocycles. The summed E-state index contributed by atoms with van der Waals surface area (Å²) in [7, 11) is 0. The molecule has 0 fully saturated rings. The van der Waals surface area contributed by atoms with Crippen molar-refractivity contribution in [3.05, 3.63) is 96.6 Å². The number of hydrogen-bond donors (Lipinski definition) is 2. The summed E-state index contributed by atoms with van der Waals surface area (Å²) in [6.07, 6.45) is -1.06. The van der Waals surface area contributed by atoms with Crippen LogP contribution in [0.1, 0.15) is 17.3 Å². The second-order valence-electron chi connectivity index (χ2n) is 7.19. The van der Waals surface area contributed by atoms with Crippen LogP contribution in [0.5, 0.6) is 17.2 Å². The highest BCUT2D eigenvalue weighted by atomic mass is 16.5. The third kappa shape index (κ3) is 4.87. The molecule has 6 nitrogen and oxygen atoms in total. The summed E-state index contributed by atoms with van der Waals surface area (Å²) in [4.78, 5) is 25.0. The Kier molecular flexibility index (Phi) is 6.03. The number of ether oxygens (including phenoxy) is 2. The molecule has 2 N–H and O–H groups in total. The molecule has 1 atom stereocenters. The van der Waals surface area contributed by atoms with Gasteiger partial charge in [0, 0.05) is 5.69 Å². The SMILES string of the molecule is C[C@H](OC(=O)c1cc2ccccc2cc1O)C(=O)Nc1ccc(Oc2ccccc2)cc1. The van der Waals surface area contributed by atoms with E-state index in [0.29, 0.717) is 17.2 Å². The molecule has 0 unspecified atom stereocenters. The molecule has 4 aromatic rings. The highest BCUT2D eigenvalue weighted by Gasteiger charge is 2.21. The predicted octanol–water partition coefficient (Wildman–Crippen LogP) is 5.52. The molecule has 0 saturated heterocycles. The van der Waals surface area contributed by atoms with Crippen molar-refractivity contribution in [1.29, 1.82) is 0 Å². The Morgan fingerprint density at radius 3 is 2.09 bits per heavy atom. The molecular formula is C26H21NO5. The van der Waals surface area contributed by atoms with Crippen LogP contribution in [-0.2, 0) is 9.53 Å². The van der Waals surface area contributed by atoms with Gasteiger partial charge in [0.05, 0.1) is 0 Å². The zero-order valence-electron chi connectivity index (χ0n) is 17.3. The van der Waals surface area contributed by atoms with E-state index in [9.17, 15) is 14.7 Å². The normalized spacial score (nSPS) is 11.5. The molecule has 0 radical (unpaired) electrons. The largest absolute Gasteiger partial charge is 0.507 e. The van der Waals surface area contributed by atoms with Crippen molar-refractivity contribution in [2.45, 2.75) is 13.0 Å². The molecule has 0 bridgehead atoms. The van der Waals surface area contributed by atoms with Gasteiger partial charge in [0.2, 0.25) is 0 Å². The van der Waals surface area contributed by atoms with Crippen LogP contribution in [0.3, 0.4) is 0 Å². The number of benzene rings is 4. The van der Waals surface area contributed by atoms with Crippen molar-refractivity contribution in [3.63, 3.8) is 0 Å². The van der Waals surface area contributed by atoms with E-state index in [-0.39, 0.29) is 11.3 Å². The molecule has 160 valence electrons. The van der Waals surface area contributed by atoms with Crippen LogP contribution in [0.25, 0.3) is 10.8 Å². The highest BCUT2D eigenvalue weighted by molar-refractivity contribution is 6.01. The molecular weight excluding hydrogens is 406 g/mol. The third-order valence-electron chi connectivity index (χ3n) is 4.84. The van der Waals surface area contributed by atoms with E-state index in [0.717, 1.165) is 10.8 Å². The smallest absolute Gasteiger partial charge is 0.342 e. The van der Waals surface area contributed by atoms with Gasteiger partial charge in [0.1, 0.15) is 22.8 Å². The Labute approximate surface area is 185 Å². The Bertz CT molecular complexity index is 1250. The molecule has 0 saturated carbocycles. The zero-order valence-corrected chi connectivity index (χ0v) is 17.3. The first-order valence-corrected chi connectivity index (χ1v) is 10.1. The number of phenolic OH excluding ortho intramolecular Hbond substituents is 1. The van der Waals surface area contributed by atoms with Gasteiger partial charge < -0.3 is 19.9 Å². The maximum atomic E-state index is 12.5. The minimum Gasteiger partial charge on any atom is -0.507 e. The minimum absolute atomic E-state index is 0.00534. The molecule has 0 aliphatic heterocycles. The van der Waals surface area contributed by atoms with Crippen LogP contribution in [0.2, 0.25) is 0 Å². The van der Waals surface area contributed by atoms with E-state index >= 15 is 0 Å². The van der Waals surface area contributed by atoms with Gasteiger partial charge in [0.25, 0.3) is 5.91 Å². The van der Waals surface area contributed by atoms with Crippen molar-refractivity contribution in [2.24, 2.45) is 0 Å². The average molecular weight is 427 g/mol. The van der Waals surface area contributed by atoms with E-state index in [2.05, 4.69) is 5.32 Å². The number of anilines is 1. The lowest BCUT2D eigenvalue weighted by Crippen LogP contribution is -2.30. The molecule has 0 spiro atoms. The lowest BCUT2D eigenvalue weighted by molar-refractivity contribution is -0.123. The van der Waals surface area contributed by atoms with Gasteiger partial charge in [-0.2, -0.15) is 0 Å². The van der Waals surface area contributed by atoms with Crippen LogP contribution in [0.4, 0.5) is 5.69 Å². The number of carbonyl (C=O) groups is 2. The maximum absolute atomic E-state index is 12.5. The van der Waals surface area contributed by atoms with E-state index in [1.54, 1.807) is 30.3 Å². The molecule has 1 amide bonds. The standard InChI is InChI=1S/C26H21NO5/c1-17(31-26(30)23-15-18-7-5-6-8-19(18)16-24(23)28)25(29)27-20-11-13-22(14-12-20)32-21-9-3-2-4-10-21/h2-17,28H,1H3,(H,27,29)/t17-/m0/s1. The number of para-hydroxylation sites is 1. The average Bonchev–Trinajstić information content (AvgIpc) is 2.80. The first kappa shape index (κ1) is 20.9. The number of carbonyl (C=O) groups excluding carboxylic acids is 2. The van der Waals surface area contributed by atoms with Crippen molar-refractivity contribution >= 4 is 28.3 Å². The maximum Gasteiger partial charge on any atom is 0.342 e. The van der Waals surface area contributed by atoms with Crippen molar-refractivity contribution in [2.75, 3.05) is 5.32 Å². The van der Waals surface area contributed by atoms with Crippen LogP contribution in [0, 0.1) is 0 Å². The molecule has 0 aromatic heterocycles. The summed E-state index contributed by atoms with van der Waals surface area (Å²) in [6.45, 7) is 1.47. The minimum atomic E-state index is -1.06. The fourth-order valence-electron chi connectivity index (χ4n) is 3.14. The second kappa shape index (κ2) is 9.22. The van der Waals surface area contributed by atoms with E-state index < -0.39 is 18.0 Å². The molecule has 0 aliphatic rings. The van der Waals surface area contributed by atoms with E-state index in [1.165, 1.54) is 13.0 Å². The number of nitrogens with one attached hydrogen (secondary N) is 1. The van der Waals surface area contributed by atoms with Crippen LogP contribution in [-0.4, -0.2) is 23.1 Å². The Morgan fingerprint density at radius 1 is 0.812 bits per heavy atom. The van der Waals surface area contributed by atoms with Gasteiger partial charge in [0.15, 0.2) is 6.10 Å². The first-order chi connectivity index (χ1) is 15.5. The van der Waals surface area contributed by atoms with Crippen molar-refractivity contribution < 1.29 is 24.2 Å². The van der Waals surface area contributed by atoms with Crippen LogP contribution in [0.15, 0.2) is 91.0 Å². The molecule has 4 rings (SSSR count). The summed E-state index contributed by atoms with van der Waals surface area (Å²) in [5.41, 5.74) is 0.539. The van der Waals surface area contributed by atoms with Gasteiger partial charge in [-0.05, 0) is 66.2 Å². The summed E-state index contributed by atoms with van der Waals surface area (Å²) in [5.74, 6) is -0.129. The second-order valence-corrected chi connectivity index (χ2v) is 7.19. The molecule has 0 heterocycles. The van der Waals surface area contributed by atoms with E-state index in [4.69, 9.17) is 9.47 Å². The first-order valence-electron chi connectivity index (χ1n) is 10.1. The number of fused-ring (bicyclic) bond motifs is 1. The zero-order chi connectivity index (χ0) is 22.5. The van der Waals surface area contributed by atoms with Gasteiger partial charge >= 0.3 is 5.97 Å². The lowest BCUT2D eigenvalue weighted by Gasteiger charge is -2.15. The van der Waals surface area contributed by atoms with E-state index in [1.807, 2.05) is 54.6 Å². The fraction of sp³-hybridized carbons (Fsp3) is 0.0769. The Hall–Kier alpha value is -4.32. The fourth-order valence-corrected chi connectivity index (χ4v) is 3.14. The lowest BCUT2D eigenvalue weighted by atomic mass is 10.1. The quantitative estimate of drug-likeness (QED) is 0.396. The Balaban J connectivity index is 1.37. The van der Waals surface area contributed by atoms with Crippen LogP contribution >= 0.6 is 0 Å². The number of esters is 1. The molecule has 32 heavy (non-hydrogen) atoms. The topological polar surface area (TPSA) is 84.9 Å². The van der Waals surface area contributed by atoms with Crippen LogP contribution < -0.4 is 10.1 Å². The number of hydrogen-bond acceptors (Lipinski definition) is 5. The summed E-state index contributed by atoms with van der Waals surface area (Å²) in [5, 5.41) is 14.5.